The molecule has 0 radical (unpaired) electrons. The van der Waals surface area contributed by atoms with Crippen LogP contribution in [0, 0.1) is 0 Å². The summed E-state index contributed by atoms with van der Waals surface area (Å²) in [7, 11) is 0. The molecule has 1 aromatic heterocycles. The zero-order chi connectivity index (χ0) is 17.1. The van der Waals surface area contributed by atoms with Gasteiger partial charge >= 0.3 is 0 Å². The normalized spacial score (nSPS) is 14.3. The third kappa shape index (κ3) is 3.43. The minimum Gasteiger partial charge on any atom is -0.508 e. The molecule has 1 amide bonds. The zero-order valence-electron chi connectivity index (χ0n) is 13.5. The van der Waals surface area contributed by atoms with Crippen LogP contribution in [0.3, 0.4) is 0 Å². The molecule has 0 spiro atoms. The molecule has 0 atom stereocenters. The van der Waals surface area contributed by atoms with Crippen LogP contribution in [0.5, 0.6) is 11.5 Å². The number of aromatic hydroxyl groups is 2. The number of carbonyl (C=O) groups excluding carboxylic acids is 1. The van der Waals surface area contributed by atoms with E-state index < -0.39 is 0 Å². The first-order valence-corrected chi connectivity index (χ1v) is 8.91. The van der Waals surface area contributed by atoms with Gasteiger partial charge in [-0.25, -0.2) is 5.43 Å². The van der Waals surface area contributed by atoms with Crippen LogP contribution in [0.15, 0.2) is 29.4 Å². The van der Waals surface area contributed by atoms with Gasteiger partial charge in [-0.1, -0.05) is 6.92 Å². The van der Waals surface area contributed by atoms with Crippen LogP contribution >= 0.6 is 11.3 Å². The van der Waals surface area contributed by atoms with Crippen LogP contribution in [0.1, 0.15) is 51.9 Å². The number of hydrogen-bond acceptors (Lipinski definition) is 5. The van der Waals surface area contributed by atoms with Crippen LogP contribution < -0.4 is 5.43 Å². The molecular weight excluding hydrogens is 324 g/mol. The lowest BCUT2D eigenvalue weighted by molar-refractivity contribution is 0.0958. The molecule has 1 aliphatic rings. The first-order chi connectivity index (χ1) is 11.6. The fourth-order valence-electron chi connectivity index (χ4n) is 2.86. The summed E-state index contributed by atoms with van der Waals surface area (Å²) in [6, 6.07) is 6.21. The number of thiophene rings is 1. The van der Waals surface area contributed by atoms with Crippen molar-refractivity contribution in [2.24, 2.45) is 5.10 Å². The number of benzene rings is 1. The molecule has 3 rings (SSSR count). The summed E-state index contributed by atoms with van der Waals surface area (Å²) in [4.78, 5) is 14.3. The molecule has 1 heterocycles. The van der Waals surface area contributed by atoms with E-state index in [1.54, 1.807) is 0 Å². The van der Waals surface area contributed by atoms with Gasteiger partial charge in [0.2, 0.25) is 0 Å². The van der Waals surface area contributed by atoms with Crippen molar-refractivity contribution >= 4 is 23.0 Å². The van der Waals surface area contributed by atoms with Gasteiger partial charge in [0.05, 0.1) is 10.6 Å². The molecule has 3 N–H and O–H groups in total. The van der Waals surface area contributed by atoms with Crippen molar-refractivity contribution in [3.8, 4) is 11.5 Å². The van der Waals surface area contributed by atoms with Crippen molar-refractivity contribution in [3.63, 3.8) is 0 Å². The highest BCUT2D eigenvalue weighted by molar-refractivity contribution is 7.14. The number of fused-ring (bicyclic) bond motifs is 1. The maximum atomic E-state index is 12.3. The molecule has 2 aromatic rings. The van der Waals surface area contributed by atoms with Crippen molar-refractivity contribution in [1.82, 2.24) is 5.43 Å². The Morgan fingerprint density at radius 2 is 2.04 bits per heavy atom. The Bertz CT molecular complexity index is 772. The number of rotatable bonds is 4. The maximum absolute atomic E-state index is 12.3. The van der Waals surface area contributed by atoms with E-state index in [0.717, 1.165) is 12.8 Å². The minimum atomic E-state index is -0.236. The van der Waals surface area contributed by atoms with Crippen molar-refractivity contribution in [1.29, 1.82) is 0 Å². The van der Waals surface area contributed by atoms with Crippen molar-refractivity contribution < 1.29 is 15.0 Å². The molecule has 0 aliphatic heterocycles. The molecule has 0 unspecified atom stereocenters. The topological polar surface area (TPSA) is 81.9 Å². The van der Waals surface area contributed by atoms with Gasteiger partial charge in [0.15, 0.2) is 0 Å². The molecule has 6 heteroatoms. The van der Waals surface area contributed by atoms with Crippen molar-refractivity contribution in [3.05, 3.63) is 45.1 Å². The van der Waals surface area contributed by atoms with Crippen LogP contribution in [0.4, 0.5) is 0 Å². The van der Waals surface area contributed by atoms with Gasteiger partial charge in [-0.15, -0.1) is 11.3 Å². The van der Waals surface area contributed by atoms with Gasteiger partial charge in [0, 0.05) is 10.4 Å². The molecule has 0 saturated carbocycles. The molecule has 1 aliphatic carbocycles. The van der Waals surface area contributed by atoms with Crippen LogP contribution in [-0.2, 0) is 12.8 Å². The second kappa shape index (κ2) is 7.05. The number of hydrazone groups is 1. The second-order valence-electron chi connectivity index (χ2n) is 5.82. The smallest absolute Gasteiger partial charge is 0.281 e. The summed E-state index contributed by atoms with van der Waals surface area (Å²) >= 11 is 1.53. The molecule has 5 nitrogen and oxygen atoms in total. The molecule has 126 valence electrons. The van der Waals surface area contributed by atoms with E-state index >= 15 is 0 Å². The summed E-state index contributed by atoms with van der Waals surface area (Å²) in [6.45, 7) is 1.87. The lowest BCUT2D eigenvalue weighted by Crippen LogP contribution is -2.19. The minimum absolute atomic E-state index is 0.0224. The van der Waals surface area contributed by atoms with E-state index in [4.69, 9.17) is 0 Å². The van der Waals surface area contributed by atoms with Crippen LogP contribution in [0.25, 0.3) is 0 Å². The monoisotopic (exact) mass is 344 g/mol. The second-order valence-corrected chi connectivity index (χ2v) is 6.96. The predicted molar refractivity (Wildman–Crippen MR) is 95.0 cm³/mol. The van der Waals surface area contributed by atoms with E-state index in [9.17, 15) is 15.0 Å². The lowest BCUT2D eigenvalue weighted by Gasteiger charge is -2.08. The Hall–Kier alpha value is -2.34. The third-order valence-electron chi connectivity index (χ3n) is 4.14. The largest absolute Gasteiger partial charge is 0.508 e. The van der Waals surface area contributed by atoms with Gasteiger partial charge in [0.25, 0.3) is 5.91 Å². The Morgan fingerprint density at radius 3 is 2.79 bits per heavy atom. The quantitative estimate of drug-likeness (QED) is 0.450. The molecule has 0 saturated heterocycles. The molecule has 0 bridgehead atoms. The van der Waals surface area contributed by atoms with Crippen LogP contribution in [0.2, 0.25) is 0 Å². The third-order valence-corrected chi connectivity index (χ3v) is 5.37. The van der Waals surface area contributed by atoms with Gasteiger partial charge in [0.1, 0.15) is 11.5 Å². The van der Waals surface area contributed by atoms with Gasteiger partial charge < -0.3 is 10.2 Å². The number of phenols is 2. The van der Waals surface area contributed by atoms with Gasteiger partial charge in [-0.2, -0.15) is 5.10 Å². The highest BCUT2D eigenvalue weighted by Gasteiger charge is 2.17. The molecular formula is C18H20N2O3S. The van der Waals surface area contributed by atoms with Crippen molar-refractivity contribution in [2.45, 2.75) is 39.0 Å². The number of aryl methyl sites for hydroxylation is 2. The first kappa shape index (κ1) is 16.5. The Kier molecular flexibility index (Phi) is 4.85. The molecule has 1 aromatic carbocycles. The number of nitrogens with one attached hydrogen (secondary N) is 1. The van der Waals surface area contributed by atoms with E-state index in [1.807, 2.05) is 13.0 Å². The summed E-state index contributed by atoms with van der Waals surface area (Å²) in [5, 5.41) is 23.7. The molecule has 24 heavy (non-hydrogen) atoms. The van der Waals surface area contributed by atoms with E-state index in [-0.39, 0.29) is 17.4 Å². The van der Waals surface area contributed by atoms with Crippen LogP contribution in [-0.4, -0.2) is 21.8 Å². The number of nitrogens with zero attached hydrogens (tertiary/aromatic N) is 1. The van der Waals surface area contributed by atoms with Gasteiger partial charge in [-0.05, 0) is 61.9 Å². The molecule has 0 fully saturated rings. The summed E-state index contributed by atoms with van der Waals surface area (Å²) in [5.41, 5.74) is 4.78. The number of carbonyl (C=O) groups is 1. The Balaban J connectivity index is 1.78. The predicted octanol–water partition coefficient (Wildman–Crippen LogP) is 3.58. The lowest BCUT2D eigenvalue weighted by atomic mass is 9.99. The SMILES string of the molecule is CCC(=NNC(=O)c1cc2c(s1)CCCC2)c1cc(O)ccc1O. The fraction of sp³-hybridized carbons (Fsp3) is 0.333. The Morgan fingerprint density at radius 1 is 1.25 bits per heavy atom. The standard InChI is InChI=1S/C18H20N2O3S/c1-2-14(13-10-12(21)7-8-15(13)22)19-20-18(23)17-9-11-5-3-4-6-16(11)24-17/h7-10,21-22H,2-6H2,1H3,(H,20,23). The highest BCUT2D eigenvalue weighted by Crippen LogP contribution is 2.29. The highest BCUT2D eigenvalue weighted by atomic mass is 32.1. The number of hydrogen-bond donors (Lipinski definition) is 3. The summed E-state index contributed by atoms with van der Waals surface area (Å²) in [5.74, 6) is -0.171. The summed E-state index contributed by atoms with van der Waals surface area (Å²) < 4.78 is 0. The average Bonchev–Trinajstić information content (AvgIpc) is 3.02. The van der Waals surface area contributed by atoms with E-state index in [1.165, 1.54) is 52.8 Å². The van der Waals surface area contributed by atoms with E-state index in [2.05, 4.69) is 10.5 Å². The average molecular weight is 344 g/mol. The van der Waals surface area contributed by atoms with E-state index in [0.29, 0.717) is 22.6 Å². The number of amides is 1. The fourth-order valence-corrected chi connectivity index (χ4v) is 4.00. The van der Waals surface area contributed by atoms with Crippen molar-refractivity contribution in [2.75, 3.05) is 0 Å². The zero-order valence-corrected chi connectivity index (χ0v) is 14.3. The first-order valence-electron chi connectivity index (χ1n) is 8.09. The maximum Gasteiger partial charge on any atom is 0.281 e. The summed E-state index contributed by atoms with van der Waals surface area (Å²) in [6.07, 6.45) is 4.97. The Labute approximate surface area is 144 Å². The van der Waals surface area contributed by atoms with Gasteiger partial charge in [-0.3, -0.25) is 4.79 Å². The number of phenolic OH excluding ortho intramolecular Hbond substituents is 2.